The number of hydrogen-bond donors (Lipinski definition) is 0. The zero-order chi connectivity index (χ0) is 11.7. The molecular weight excluding hydrogens is 214 g/mol. The van der Waals surface area contributed by atoms with E-state index in [2.05, 4.69) is 10.2 Å². The summed E-state index contributed by atoms with van der Waals surface area (Å²) in [7, 11) is 1.66. The number of pyridine rings is 1. The average Bonchev–Trinajstić information content (AvgIpc) is 2.86. The van der Waals surface area contributed by atoms with Gasteiger partial charge in [0.05, 0.1) is 7.11 Å². The van der Waals surface area contributed by atoms with Gasteiger partial charge < -0.3 is 4.74 Å². The number of benzene rings is 1. The van der Waals surface area contributed by atoms with Gasteiger partial charge >= 0.3 is 0 Å². The lowest BCUT2D eigenvalue weighted by atomic mass is 10.1. The maximum atomic E-state index is 5.14. The molecule has 2 aromatic heterocycles. The maximum absolute atomic E-state index is 5.14. The predicted molar refractivity (Wildman–Crippen MR) is 65.0 cm³/mol. The molecular formula is C13H11N3O. The van der Waals surface area contributed by atoms with Gasteiger partial charge in [-0.05, 0) is 35.4 Å². The Morgan fingerprint density at radius 3 is 2.53 bits per heavy atom. The van der Waals surface area contributed by atoms with E-state index in [1.807, 2.05) is 47.0 Å². The van der Waals surface area contributed by atoms with E-state index in [1.165, 1.54) is 0 Å². The third kappa shape index (κ3) is 1.73. The molecule has 0 spiro atoms. The van der Waals surface area contributed by atoms with Crippen molar-refractivity contribution in [3.63, 3.8) is 0 Å². The van der Waals surface area contributed by atoms with Crippen molar-refractivity contribution in [3.05, 3.63) is 48.9 Å². The molecule has 0 amide bonds. The van der Waals surface area contributed by atoms with Crippen LogP contribution >= 0.6 is 0 Å². The van der Waals surface area contributed by atoms with Crippen molar-refractivity contribution in [3.8, 4) is 16.9 Å². The number of nitrogens with zero attached hydrogens (tertiary/aromatic N) is 3. The van der Waals surface area contributed by atoms with Crippen molar-refractivity contribution in [2.45, 2.75) is 0 Å². The molecule has 0 radical (unpaired) electrons. The number of ether oxygens (including phenoxy) is 1. The number of aromatic nitrogens is 3. The molecule has 0 aliphatic rings. The smallest absolute Gasteiger partial charge is 0.160 e. The fourth-order valence-corrected chi connectivity index (χ4v) is 1.78. The molecule has 0 fully saturated rings. The summed E-state index contributed by atoms with van der Waals surface area (Å²) >= 11 is 0. The summed E-state index contributed by atoms with van der Waals surface area (Å²) in [5, 5.41) is 7.83. The van der Waals surface area contributed by atoms with Gasteiger partial charge in [-0.25, -0.2) is 0 Å². The molecule has 0 unspecified atom stereocenters. The Morgan fingerprint density at radius 2 is 1.76 bits per heavy atom. The lowest BCUT2D eigenvalue weighted by molar-refractivity contribution is 0.415. The predicted octanol–water partition coefficient (Wildman–Crippen LogP) is 2.40. The molecule has 2 heterocycles. The van der Waals surface area contributed by atoms with Crippen molar-refractivity contribution in [2.75, 3.05) is 7.11 Å². The quantitative estimate of drug-likeness (QED) is 0.672. The Morgan fingerprint density at radius 1 is 1.00 bits per heavy atom. The second-order valence-electron chi connectivity index (χ2n) is 3.74. The maximum Gasteiger partial charge on any atom is 0.160 e. The van der Waals surface area contributed by atoms with Crippen LogP contribution in [0, 0.1) is 0 Å². The van der Waals surface area contributed by atoms with Crippen LogP contribution in [0.25, 0.3) is 16.8 Å². The molecule has 0 bridgehead atoms. The number of rotatable bonds is 2. The van der Waals surface area contributed by atoms with Crippen molar-refractivity contribution in [1.82, 2.24) is 14.6 Å². The fourth-order valence-electron chi connectivity index (χ4n) is 1.78. The number of hydrogen-bond acceptors (Lipinski definition) is 3. The summed E-state index contributed by atoms with van der Waals surface area (Å²) in [4.78, 5) is 0. The van der Waals surface area contributed by atoms with Crippen LogP contribution in [0.1, 0.15) is 0 Å². The zero-order valence-electron chi connectivity index (χ0n) is 9.37. The number of methoxy groups -OCH3 is 1. The van der Waals surface area contributed by atoms with Crippen LogP contribution in [-0.4, -0.2) is 21.7 Å². The minimum absolute atomic E-state index is 0.849. The van der Waals surface area contributed by atoms with Crippen LogP contribution in [0.15, 0.2) is 48.9 Å². The third-order valence-corrected chi connectivity index (χ3v) is 2.71. The molecule has 1 aromatic carbocycles. The van der Waals surface area contributed by atoms with Crippen LogP contribution in [0.4, 0.5) is 0 Å². The van der Waals surface area contributed by atoms with Gasteiger partial charge in [0.2, 0.25) is 0 Å². The molecule has 84 valence electrons. The fraction of sp³-hybridized carbons (Fsp3) is 0.0769. The SMILES string of the molecule is COc1ccc(-c2ccc3nncn3c2)cc1. The highest BCUT2D eigenvalue weighted by molar-refractivity contribution is 5.65. The van der Waals surface area contributed by atoms with Gasteiger partial charge in [-0.3, -0.25) is 4.40 Å². The first kappa shape index (κ1) is 9.84. The Balaban J connectivity index is 2.06. The molecule has 0 aliphatic carbocycles. The van der Waals surface area contributed by atoms with E-state index in [9.17, 15) is 0 Å². The van der Waals surface area contributed by atoms with Gasteiger partial charge in [-0.15, -0.1) is 10.2 Å². The average molecular weight is 225 g/mol. The summed E-state index contributed by atoms with van der Waals surface area (Å²) in [6, 6.07) is 11.9. The van der Waals surface area contributed by atoms with Gasteiger partial charge in [-0.2, -0.15) is 0 Å². The third-order valence-electron chi connectivity index (χ3n) is 2.71. The van der Waals surface area contributed by atoms with E-state index in [1.54, 1.807) is 13.4 Å². The van der Waals surface area contributed by atoms with E-state index in [0.717, 1.165) is 22.5 Å². The summed E-state index contributed by atoms with van der Waals surface area (Å²) in [6.07, 6.45) is 3.71. The largest absolute Gasteiger partial charge is 0.497 e. The summed E-state index contributed by atoms with van der Waals surface area (Å²) in [5.41, 5.74) is 3.11. The minimum Gasteiger partial charge on any atom is -0.497 e. The van der Waals surface area contributed by atoms with E-state index >= 15 is 0 Å². The first-order valence-corrected chi connectivity index (χ1v) is 5.30. The van der Waals surface area contributed by atoms with E-state index < -0.39 is 0 Å². The Bertz CT molecular complexity index is 643. The standard InChI is InChI=1S/C13H11N3O/c1-17-12-5-2-10(3-6-12)11-4-7-13-15-14-9-16(13)8-11/h2-9H,1H3. The van der Waals surface area contributed by atoms with E-state index in [-0.39, 0.29) is 0 Å². The van der Waals surface area contributed by atoms with Gasteiger partial charge in [0, 0.05) is 6.20 Å². The summed E-state index contributed by atoms with van der Waals surface area (Å²) < 4.78 is 7.04. The topological polar surface area (TPSA) is 39.4 Å². The van der Waals surface area contributed by atoms with Crippen LogP contribution in [0.3, 0.4) is 0 Å². The lowest BCUT2D eigenvalue weighted by Gasteiger charge is -2.04. The van der Waals surface area contributed by atoms with Crippen LogP contribution in [-0.2, 0) is 0 Å². The Labute approximate surface area is 98.5 Å². The van der Waals surface area contributed by atoms with Crippen LogP contribution < -0.4 is 4.74 Å². The van der Waals surface area contributed by atoms with Crippen LogP contribution in [0.5, 0.6) is 5.75 Å². The van der Waals surface area contributed by atoms with Gasteiger partial charge in [0.1, 0.15) is 12.1 Å². The molecule has 0 saturated heterocycles. The molecule has 4 nitrogen and oxygen atoms in total. The monoisotopic (exact) mass is 225 g/mol. The lowest BCUT2D eigenvalue weighted by Crippen LogP contribution is -1.86. The van der Waals surface area contributed by atoms with Crippen LogP contribution in [0.2, 0.25) is 0 Å². The van der Waals surface area contributed by atoms with Crippen molar-refractivity contribution in [2.24, 2.45) is 0 Å². The zero-order valence-corrected chi connectivity index (χ0v) is 9.37. The Kier molecular flexibility index (Phi) is 2.26. The second kappa shape index (κ2) is 3.90. The second-order valence-corrected chi connectivity index (χ2v) is 3.74. The molecule has 0 atom stereocenters. The van der Waals surface area contributed by atoms with Gasteiger partial charge in [0.15, 0.2) is 5.65 Å². The molecule has 0 aliphatic heterocycles. The number of fused-ring (bicyclic) bond motifs is 1. The first-order valence-electron chi connectivity index (χ1n) is 5.30. The minimum atomic E-state index is 0.849. The first-order chi connectivity index (χ1) is 8.36. The Hall–Kier alpha value is -2.36. The van der Waals surface area contributed by atoms with Crippen molar-refractivity contribution in [1.29, 1.82) is 0 Å². The molecule has 0 N–H and O–H groups in total. The molecule has 4 heteroatoms. The van der Waals surface area contributed by atoms with Gasteiger partial charge in [0.25, 0.3) is 0 Å². The summed E-state index contributed by atoms with van der Waals surface area (Å²) in [5.74, 6) is 0.860. The summed E-state index contributed by atoms with van der Waals surface area (Å²) in [6.45, 7) is 0. The van der Waals surface area contributed by atoms with E-state index in [0.29, 0.717) is 0 Å². The highest BCUT2D eigenvalue weighted by Crippen LogP contribution is 2.22. The highest BCUT2D eigenvalue weighted by atomic mass is 16.5. The van der Waals surface area contributed by atoms with E-state index in [4.69, 9.17) is 4.74 Å². The van der Waals surface area contributed by atoms with Crippen molar-refractivity contribution < 1.29 is 4.74 Å². The molecule has 3 aromatic rings. The van der Waals surface area contributed by atoms with Crippen molar-refractivity contribution >= 4 is 5.65 Å². The molecule has 3 rings (SSSR count). The normalized spacial score (nSPS) is 10.6. The van der Waals surface area contributed by atoms with Gasteiger partial charge in [-0.1, -0.05) is 12.1 Å². The molecule has 0 saturated carbocycles. The molecule has 17 heavy (non-hydrogen) atoms. The highest BCUT2D eigenvalue weighted by Gasteiger charge is 2.00.